The van der Waals surface area contributed by atoms with Crippen LogP contribution in [0.15, 0.2) is 23.4 Å². The summed E-state index contributed by atoms with van der Waals surface area (Å²) in [7, 11) is 3.35. The molecule has 0 radical (unpaired) electrons. The SMILES string of the molecule is CN(C)C(=O)C1=NOC2(CCCN(c3nc(Cl)nc4c(F)c(-c5ccc(F)c6sc(NCC(C)(C)C)c(C#N)c56)c(Cl)cc34)CC2)C1. The van der Waals surface area contributed by atoms with Gasteiger partial charge < -0.3 is 20.0 Å². The normalized spacial score (nSPS) is 18.3. The number of nitriles is 1. The van der Waals surface area contributed by atoms with Gasteiger partial charge >= 0.3 is 0 Å². The predicted octanol–water partition coefficient (Wildman–Crippen LogP) is 8.02. The molecule has 1 amide bonds. The Labute approximate surface area is 285 Å². The number of rotatable bonds is 5. The minimum atomic E-state index is -0.754. The van der Waals surface area contributed by atoms with Gasteiger partial charge in [-0.2, -0.15) is 10.2 Å². The molecule has 2 aliphatic rings. The summed E-state index contributed by atoms with van der Waals surface area (Å²) < 4.78 is 32.1. The Morgan fingerprint density at radius 3 is 2.68 bits per heavy atom. The minimum Gasteiger partial charge on any atom is -0.388 e. The molecule has 0 bridgehead atoms. The van der Waals surface area contributed by atoms with Crippen molar-refractivity contribution in [1.82, 2.24) is 14.9 Å². The highest BCUT2D eigenvalue weighted by molar-refractivity contribution is 7.23. The Kier molecular flexibility index (Phi) is 8.70. The molecule has 9 nitrogen and oxygen atoms in total. The van der Waals surface area contributed by atoms with Gasteiger partial charge in [0.1, 0.15) is 39.5 Å². The fourth-order valence-electron chi connectivity index (χ4n) is 6.14. The molecule has 246 valence electrons. The third-order valence-corrected chi connectivity index (χ3v) is 10.1. The summed E-state index contributed by atoms with van der Waals surface area (Å²) in [6.07, 6.45) is 2.32. The number of hydrogen-bond acceptors (Lipinski definition) is 9. The van der Waals surface area contributed by atoms with Crippen LogP contribution in [0.5, 0.6) is 0 Å². The van der Waals surface area contributed by atoms with Crippen molar-refractivity contribution in [3.05, 3.63) is 45.7 Å². The Hall–Kier alpha value is -3.79. The second-order valence-corrected chi connectivity index (χ2v) is 15.2. The van der Waals surface area contributed by atoms with Crippen LogP contribution in [-0.4, -0.2) is 65.8 Å². The number of nitrogens with one attached hydrogen (secondary N) is 1. The molecule has 6 rings (SSSR count). The molecular weight excluding hydrogens is 667 g/mol. The van der Waals surface area contributed by atoms with Gasteiger partial charge in [-0.3, -0.25) is 4.79 Å². The van der Waals surface area contributed by atoms with E-state index in [-0.39, 0.29) is 53.9 Å². The summed E-state index contributed by atoms with van der Waals surface area (Å²) in [6, 6.07) is 6.47. The second kappa shape index (κ2) is 12.3. The molecule has 2 aliphatic heterocycles. The van der Waals surface area contributed by atoms with Crippen molar-refractivity contribution < 1.29 is 18.4 Å². The van der Waals surface area contributed by atoms with Crippen molar-refractivity contribution in [2.75, 3.05) is 43.9 Å². The van der Waals surface area contributed by atoms with E-state index < -0.39 is 17.2 Å². The first-order valence-corrected chi connectivity index (χ1v) is 16.8. The molecule has 1 unspecified atom stereocenters. The van der Waals surface area contributed by atoms with Gasteiger partial charge in [-0.05, 0) is 47.6 Å². The Balaban J connectivity index is 1.40. The first-order chi connectivity index (χ1) is 22.2. The number of carbonyl (C=O) groups excluding carboxylic acids is 1. The highest BCUT2D eigenvalue weighted by Gasteiger charge is 2.43. The number of hydrogen-bond donors (Lipinski definition) is 1. The van der Waals surface area contributed by atoms with Crippen LogP contribution < -0.4 is 10.2 Å². The number of oxime groups is 1. The number of carbonyl (C=O) groups is 1. The summed E-state index contributed by atoms with van der Waals surface area (Å²) in [5.74, 6) is -1.04. The summed E-state index contributed by atoms with van der Waals surface area (Å²) in [4.78, 5) is 30.6. The molecule has 0 saturated carbocycles. The molecule has 1 spiro atoms. The van der Waals surface area contributed by atoms with Crippen LogP contribution in [0, 0.1) is 28.4 Å². The maximum absolute atomic E-state index is 16.7. The number of thiophene rings is 1. The lowest BCUT2D eigenvalue weighted by Crippen LogP contribution is -2.35. The standard InChI is InChI=1S/C33H33Cl2F2N7O2S/c1-32(2,3)16-39-29-19(15-38)23-17(7-8-21(36)27(23)47-29)24-20(34)13-18-26(25(24)37)40-31(35)41-28(18)44-11-6-9-33(10-12-44)14-22(42-46-33)30(45)43(4)5/h7-8,13,39H,6,9-12,14,16H2,1-5H3. The molecule has 0 aliphatic carbocycles. The molecule has 47 heavy (non-hydrogen) atoms. The van der Waals surface area contributed by atoms with E-state index in [1.54, 1.807) is 20.2 Å². The predicted molar refractivity (Wildman–Crippen MR) is 184 cm³/mol. The number of benzene rings is 2. The lowest BCUT2D eigenvalue weighted by molar-refractivity contribution is -0.121. The molecule has 1 atom stereocenters. The molecule has 14 heteroatoms. The molecule has 1 N–H and O–H groups in total. The monoisotopic (exact) mass is 699 g/mol. The molecule has 2 aromatic heterocycles. The van der Waals surface area contributed by atoms with Gasteiger partial charge in [0.25, 0.3) is 5.91 Å². The lowest BCUT2D eigenvalue weighted by atomic mass is 9.89. The van der Waals surface area contributed by atoms with Crippen molar-refractivity contribution in [3.8, 4) is 17.2 Å². The van der Waals surface area contributed by atoms with Crippen molar-refractivity contribution in [2.45, 2.75) is 52.1 Å². The Bertz CT molecular complexity index is 2000. The number of nitrogens with zero attached hydrogens (tertiary/aromatic N) is 6. The number of anilines is 2. The van der Waals surface area contributed by atoms with Gasteiger partial charge in [-0.25, -0.2) is 13.8 Å². The van der Waals surface area contributed by atoms with Crippen LogP contribution in [0.4, 0.5) is 19.6 Å². The van der Waals surface area contributed by atoms with Crippen LogP contribution in [-0.2, 0) is 9.63 Å². The fourth-order valence-corrected chi connectivity index (χ4v) is 7.68. The highest BCUT2D eigenvalue weighted by Crippen LogP contribution is 2.47. The molecular formula is C33H33Cl2F2N7O2S. The molecule has 2 aromatic carbocycles. The van der Waals surface area contributed by atoms with E-state index in [9.17, 15) is 10.1 Å². The van der Waals surface area contributed by atoms with E-state index >= 15 is 8.78 Å². The van der Waals surface area contributed by atoms with Crippen LogP contribution in [0.3, 0.4) is 0 Å². The highest BCUT2D eigenvalue weighted by atomic mass is 35.5. The maximum Gasteiger partial charge on any atom is 0.271 e. The fraction of sp³-hybridized carbons (Fsp3) is 0.424. The third-order valence-electron chi connectivity index (χ3n) is 8.48. The minimum absolute atomic E-state index is 0.00836. The van der Waals surface area contributed by atoms with Crippen LogP contribution in [0.1, 0.15) is 52.0 Å². The number of aromatic nitrogens is 2. The van der Waals surface area contributed by atoms with Crippen molar-refractivity contribution >= 4 is 78.0 Å². The summed E-state index contributed by atoms with van der Waals surface area (Å²) in [5, 5.41) is 18.6. The Morgan fingerprint density at radius 2 is 1.98 bits per heavy atom. The van der Waals surface area contributed by atoms with Gasteiger partial charge in [-0.1, -0.05) is 43.6 Å². The van der Waals surface area contributed by atoms with E-state index in [0.29, 0.717) is 67.2 Å². The average Bonchev–Trinajstić information content (AvgIpc) is 3.54. The summed E-state index contributed by atoms with van der Waals surface area (Å²) in [6.45, 7) is 7.72. The lowest BCUT2D eigenvalue weighted by Gasteiger charge is -2.26. The largest absolute Gasteiger partial charge is 0.388 e. The van der Waals surface area contributed by atoms with Crippen LogP contribution in [0.25, 0.3) is 32.1 Å². The Morgan fingerprint density at radius 1 is 1.21 bits per heavy atom. The van der Waals surface area contributed by atoms with Gasteiger partial charge in [-0.15, -0.1) is 11.3 Å². The van der Waals surface area contributed by atoms with E-state index in [1.165, 1.54) is 17.0 Å². The summed E-state index contributed by atoms with van der Waals surface area (Å²) in [5.41, 5.74) is 0.101. The van der Waals surface area contributed by atoms with Crippen LogP contribution >= 0.6 is 34.5 Å². The number of fused-ring (bicyclic) bond motifs is 2. The zero-order valence-electron chi connectivity index (χ0n) is 26.6. The molecule has 4 heterocycles. The van der Waals surface area contributed by atoms with Gasteiger partial charge in [0, 0.05) is 62.9 Å². The van der Waals surface area contributed by atoms with E-state index in [1.807, 2.05) is 25.7 Å². The number of halogens is 4. The third kappa shape index (κ3) is 6.17. The van der Waals surface area contributed by atoms with E-state index in [2.05, 4.69) is 26.5 Å². The molecule has 4 aromatic rings. The topological polar surface area (TPSA) is 107 Å². The molecule has 1 saturated heterocycles. The van der Waals surface area contributed by atoms with Gasteiger partial charge in [0.15, 0.2) is 5.82 Å². The smallest absolute Gasteiger partial charge is 0.271 e. The van der Waals surface area contributed by atoms with E-state index in [0.717, 1.165) is 11.3 Å². The van der Waals surface area contributed by atoms with Gasteiger partial charge in [0.2, 0.25) is 5.28 Å². The quantitative estimate of drug-likeness (QED) is 0.210. The van der Waals surface area contributed by atoms with Crippen molar-refractivity contribution in [2.24, 2.45) is 10.6 Å². The number of amides is 1. The first-order valence-electron chi connectivity index (χ1n) is 15.2. The summed E-state index contributed by atoms with van der Waals surface area (Å²) >= 11 is 14.4. The van der Waals surface area contributed by atoms with E-state index in [4.69, 9.17) is 28.0 Å². The second-order valence-electron chi connectivity index (χ2n) is 13.4. The molecule has 1 fully saturated rings. The van der Waals surface area contributed by atoms with Crippen molar-refractivity contribution in [1.29, 1.82) is 5.26 Å². The average molecular weight is 701 g/mol. The first kappa shape index (κ1) is 33.1. The zero-order chi connectivity index (χ0) is 33.8. The maximum atomic E-state index is 16.7. The van der Waals surface area contributed by atoms with Crippen molar-refractivity contribution in [3.63, 3.8) is 0 Å². The van der Waals surface area contributed by atoms with Crippen LogP contribution in [0.2, 0.25) is 10.3 Å². The van der Waals surface area contributed by atoms with Gasteiger partial charge in [0.05, 0.1) is 15.3 Å². The zero-order valence-corrected chi connectivity index (χ0v) is 28.9.